The predicted molar refractivity (Wildman–Crippen MR) is 102 cm³/mol. The Morgan fingerprint density at radius 3 is 2.48 bits per heavy atom. The molecule has 1 aliphatic heterocycles. The van der Waals surface area contributed by atoms with Crippen molar-refractivity contribution in [2.45, 2.75) is 43.8 Å². The van der Waals surface area contributed by atoms with Crippen molar-refractivity contribution in [2.75, 3.05) is 13.1 Å². The molecule has 9 heteroatoms. The van der Waals surface area contributed by atoms with Crippen molar-refractivity contribution >= 4 is 21.6 Å². The molecule has 0 N–H and O–H groups in total. The lowest BCUT2D eigenvalue weighted by Crippen LogP contribution is -2.44. The fourth-order valence-electron chi connectivity index (χ4n) is 2.84. The van der Waals surface area contributed by atoms with Crippen LogP contribution in [0.3, 0.4) is 0 Å². The largest absolute Gasteiger partial charge is 0.491 e. The maximum absolute atomic E-state index is 12.9. The molecule has 7 nitrogen and oxygen atoms in total. The van der Waals surface area contributed by atoms with E-state index >= 15 is 0 Å². The minimum absolute atomic E-state index is 0.0301. The van der Waals surface area contributed by atoms with Gasteiger partial charge in [0.25, 0.3) is 0 Å². The summed E-state index contributed by atoms with van der Waals surface area (Å²) >= 11 is 5.77. The molecule has 2 heterocycles. The summed E-state index contributed by atoms with van der Waals surface area (Å²) in [4.78, 5) is 8.25. The first-order valence-electron chi connectivity index (χ1n) is 8.75. The number of halogens is 1. The number of hydrogen-bond donors (Lipinski definition) is 0. The lowest BCUT2D eigenvalue weighted by atomic mass is 10.1. The lowest BCUT2D eigenvalue weighted by Gasteiger charge is -2.31. The fourth-order valence-corrected chi connectivity index (χ4v) is 4.45. The van der Waals surface area contributed by atoms with Gasteiger partial charge in [-0.15, -0.1) is 0 Å². The molecule has 1 atom stereocenters. The molecule has 1 saturated heterocycles. The molecule has 27 heavy (non-hydrogen) atoms. The molecule has 0 aliphatic carbocycles. The zero-order chi connectivity index (χ0) is 19.4. The van der Waals surface area contributed by atoms with Gasteiger partial charge in [0.2, 0.25) is 10.0 Å². The zero-order valence-electron chi connectivity index (χ0n) is 15.2. The van der Waals surface area contributed by atoms with Gasteiger partial charge in [-0.25, -0.2) is 18.4 Å². The molecule has 1 aromatic carbocycles. The normalized spacial score (nSPS) is 18.4. The molecule has 0 amide bonds. The Bertz CT molecular complexity index is 857. The van der Waals surface area contributed by atoms with E-state index in [-0.39, 0.29) is 29.7 Å². The summed E-state index contributed by atoms with van der Waals surface area (Å²) in [5.74, 6) is 0.642. The minimum Gasteiger partial charge on any atom is -0.491 e. The Balaban J connectivity index is 1.69. The minimum atomic E-state index is -3.60. The van der Waals surface area contributed by atoms with Gasteiger partial charge in [0.05, 0.1) is 35.0 Å². The lowest BCUT2D eigenvalue weighted by molar-refractivity contribution is 0.119. The maximum atomic E-state index is 12.9. The highest BCUT2D eigenvalue weighted by atomic mass is 35.5. The van der Waals surface area contributed by atoms with Crippen LogP contribution in [-0.2, 0) is 10.0 Å². The Morgan fingerprint density at radius 2 is 1.85 bits per heavy atom. The second-order valence-electron chi connectivity index (χ2n) is 6.57. The van der Waals surface area contributed by atoms with Crippen LogP contribution in [0.1, 0.15) is 26.7 Å². The molecule has 1 fully saturated rings. The van der Waals surface area contributed by atoms with Gasteiger partial charge in [0.1, 0.15) is 11.9 Å². The number of nitrogens with zero attached hydrogens (tertiary/aromatic N) is 3. The molecular formula is C18H22ClN3O4S. The second kappa shape index (κ2) is 8.41. The predicted octanol–water partition coefficient (Wildman–Crippen LogP) is 3.15. The van der Waals surface area contributed by atoms with Crippen LogP contribution in [0.25, 0.3) is 0 Å². The van der Waals surface area contributed by atoms with E-state index in [4.69, 9.17) is 21.1 Å². The van der Waals surface area contributed by atoms with Crippen molar-refractivity contribution in [3.8, 4) is 11.8 Å². The maximum Gasteiger partial charge on any atom is 0.316 e. The first-order valence-corrected chi connectivity index (χ1v) is 10.6. The van der Waals surface area contributed by atoms with E-state index in [1.807, 2.05) is 13.8 Å². The summed E-state index contributed by atoms with van der Waals surface area (Å²) in [6.07, 6.45) is 4.05. The molecule has 1 aromatic heterocycles. The van der Waals surface area contributed by atoms with Crippen LogP contribution in [0.5, 0.6) is 11.8 Å². The molecule has 2 aromatic rings. The summed E-state index contributed by atoms with van der Waals surface area (Å²) in [5.41, 5.74) is 0. The molecule has 0 spiro atoms. The molecule has 0 saturated carbocycles. The van der Waals surface area contributed by atoms with Gasteiger partial charge in [-0.1, -0.05) is 11.6 Å². The molecule has 146 valence electrons. The van der Waals surface area contributed by atoms with Gasteiger partial charge >= 0.3 is 6.01 Å². The van der Waals surface area contributed by atoms with E-state index in [1.54, 1.807) is 24.3 Å². The van der Waals surface area contributed by atoms with E-state index in [9.17, 15) is 8.42 Å². The van der Waals surface area contributed by atoms with Crippen LogP contribution in [-0.4, -0.2) is 48.0 Å². The number of rotatable bonds is 6. The van der Waals surface area contributed by atoms with E-state index < -0.39 is 10.0 Å². The van der Waals surface area contributed by atoms with Crippen molar-refractivity contribution in [3.63, 3.8) is 0 Å². The second-order valence-corrected chi connectivity index (χ2v) is 8.94. The number of aromatic nitrogens is 2. The zero-order valence-corrected chi connectivity index (χ0v) is 16.8. The van der Waals surface area contributed by atoms with E-state index in [0.717, 1.165) is 6.42 Å². The Kier molecular flexibility index (Phi) is 6.18. The monoisotopic (exact) mass is 411 g/mol. The first-order chi connectivity index (χ1) is 12.8. The third-order valence-corrected chi connectivity index (χ3v) is 6.12. The van der Waals surface area contributed by atoms with Crippen molar-refractivity contribution < 1.29 is 17.9 Å². The number of hydrogen-bond acceptors (Lipinski definition) is 6. The van der Waals surface area contributed by atoms with Gasteiger partial charge in [0.15, 0.2) is 0 Å². The van der Waals surface area contributed by atoms with Crippen molar-refractivity contribution in [3.05, 3.63) is 41.7 Å². The Labute approximate surface area is 164 Å². The summed E-state index contributed by atoms with van der Waals surface area (Å²) in [6.45, 7) is 4.54. The third kappa shape index (κ3) is 5.09. The summed E-state index contributed by atoms with van der Waals surface area (Å²) in [5, 5.41) is 0.417. The molecular weight excluding hydrogens is 390 g/mol. The average Bonchev–Trinajstić information content (AvgIpc) is 2.64. The summed E-state index contributed by atoms with van der Waals surface area (Å²) in [7, 11) is -3.60. The fraction of sp³-hybridized carbons (Fsp3) is 0.444. The van der Waals surface area contributed by atoms with Gasteiger partial charge < -0.3 is 9.47 Å². The van der Waals surface area contributed by atoms with Crippen molar-refractivity contribution in [2.24, 2.45) is 0 Å². The number of benzene rings is 1. The standard InChI is InChI=1S/C18H22ClN3O4S/c1-13(2)25-15-5-7-17(8-6-15)27(23,24)22-9-3-4-16(12-22)26-18-20-10-14(19)11-21-18/h5-8,10-11,13,16H,3-4,9,12H2,1-2H3. The van der Waals surface area contributed by atoms with Crippen LogP contribution in [0, 0.1) is 0 Å². The van der Waals surface area contributed by atoms with Crippen LogP contribution in [0.4, 0.5) is 0 Å². The highest BCUT2D eigenvalue weighted by Crippen LogP contribution is 2.24. The summed E-state index contributed by atoms with van der Waals surface area (Å²) in [6, 6.07) is 6.68. The van der Waals surface area contributed by atoms with Gasteiger partial charge in [-0.3, -0.25) is 0 Å². The van der Waals surface area contributed by atoms with Crippen LogP contribution < -0.4 is 9.47 Å². The number of sulfonamides is 1. The van der Waals surface area contributed by atoms with E-state index in [2.05, 4.69) is 9.97 Å². The Morgan fingerprint density at radius 1 is 1.19 bits per heavy atom. The molecule has 1 unspecified atom stereocenters. The average molecular weight is 412 g/mol. The number of piperidine rings is 1. The molecule has 0 bridgehead atoms. The number of ether oxygens (including phenoxy) is 2. The highest BCUT2D eigenvalue weighted by Gasteiger charge is 2.31. The highest BCUT2D eigenvalue weighted by molar-refractivity contribution is 7.89. The van der Waals surface area contributed by atoms with Crippen molar-refractivity contribution in [1.82, 2.24) is 14.3 Å². The van der Waals surface area contributed by atoms with Gasteiger partial charge in [-0.05, 0) is 51.0 Å². The molecule has 0 radical (unpaired) electrons. The third-order valence-electron chi connectivity index (χ3n) is 4.04. The quantitative estimate of drug-likeness (QED) is 0.726. The SMILES string of the molecule is CC(C)Oc1ccc(S(=O)(=O)N2CCCC(Oc3ncc(Cl)cn3)C2)cc1. The topological polar surface area (TPSA) is 81.6 Å². The van der Waals surface area contributed by atoms with Crippen LogP contribution in [0.15, 0.2) is 41.6 Å². The van der Waals surface area contributed by atoms with Gasteiger partial charge in [-0.2, -0.15) is 4.31 Å². The van der Waals surface area contributed by atoms with E-state index in [1.165, 1.54) is 16.7 Å². The first kappa shape index (κ1) is 19.9. The van der Waals surface area contributed by atoms with Gasteiger partial charge in [0, 0.05) is 6.54 Å². The summed E-state index contributed by atoms with van der Waals surface area (Å²) < 4.78 is 38.6. The van der Waals surface area contributed by atoms with Crippen molar-refractivity contribution in [1.29, 1.82) is 0 Å². The van der Waals surface area contributed by atoms with Crippen LogP contribution >= 0.6 is 11.6 Å². The molecule has 1 aliphatic rings. The molecule has 3 rings (SSSR count). The van der Waals surface area contributed by atoms with Crippen LogP contribution in [0.2, 0.25) is 5.02 Å². The van der Waals surface area contributed by atoms with E-state index in [0.29, 0.717) is 23.7 Å². The smallest absolute Gasteiger partial charge is 0.316 e. The Hall–Kier alpha value is -1.90.